The highest BCUT2D eigenvalue weighted by Crippen LogP contribution is 2.26. The fourth-order valence-electron chi connectivity index (χ4n) is 1.65. The molecule has 0 fully saturated rings. The van der Waals surface area contributed by atoms with Crippen molar-refractivity contribution in [3.63, 3.8) is 0 Å². The fourth-order valence-corrected chi connectivity index (χ4v) is 1.99. The van der Waals surface area contributed by atoms with Crippen LogP contribution < -0.4 is 0 Å². The van der Waals surface area contributed by atoms with Gasteiger partial charge >= 0.3 is 0 Å². The number of aromatic nitrogens is 1. The summed E-state index contributed by atoms with van der Waals surface area (Å²) in [6, 6.07) is 11.8. The molecule has 4 heteroatoms. The maximum absolute atomic E-state index is 13.1. The molecule has 0 unspecified atom stereocenters. The third-order valence-electron chi connectivity index (χ3n) is 2.42. The van der Waals surface area contributed by atoms with Crippen LogP contribution in [0.5, 0.6) is 0 Å². The van der Waals surface area contributed by atoms with E-state index in [-0.39, 0.29) is 5.82 Å². The van der Waals surface area contributed by atoms with Crippen LogP contribution in [-0.4, -0.2) is 4.98 Å². The van der Waals surface area contributed by atoms with Gasteiger partial charge in [0.05, 0.1) is 0 Å². The Morgan fingerprint density at radius 2 is 2.00 bits per heavy atom. The smallest absolute Gasteiger partial charge is 0.227 e. The highest BCUT2D eigenvalue weighted by molar-refractivity contribution is 9.10. The van der Waals surface area contributed by atoms with Crippen molar-refractivity contribution >= 4 is 27.0 Å². The van der Waals surface area contributed by atoms with Gasteiger partial charge in [-0.3, -0.25) is 0 Å². The van der Waals surface area contributed by atoms with Crippen molar-refractivity contribution in [1.82, 2.24) is 4.98 Å². The van der Waals surface area contributed by atoms with E-state index in [9.17, 15) is 4.39 Å². The lowest BCUT2D eigenvalue weighted by Gasteiger charge is -1.93. The van der Waals surface area contributed by atoms with Crippen molar-refractivity contribution in [2.24, 2.45) is 0 Å². The minimum Gasteiger partial charge on any atom is -0.436 e. The molecule has 1 heterocycles. The van der Waals surface area contributed by atoms with Gasteiger partial charge in [0.2, 0.25) is 5.89 Å². The molecule has 3 rings (SSSR count). The van der Waals surface area contributed by atoms with Crippen LogP contribution in [-0.2, 0) is 0 Å². The lowest BCUT2D eigenvalue weighted by atomic mass is 10.2. The minimum atomic E-state index is -0.300. The van der Waals surface area contributed by atoms with Gasteiger partial charge in [-0.25, -0.2) is 9.37 Å². The van der Waals surface area contributed by atoms with Crippen molar-refractivity contribution in [1.29, 1.82) is 0 Å². The zero-order valence-corrected chi connectivity index (χ0v) is 10.2. The lowest BCUT2D eigenvalue weighted by Crippen LogP contribution is -1.78. The second kappa shape index (κ2) is 3.96. The predicted molar refractivity (Wildman–Crippen MR) is 67.1 cm³/mol. The Bertz CT molecular complexity index is 693. The summed E-state index contributed by atoms with van der Waals surface area (Å²) in [7, 11) is 0. The molecule has 2 nitrogen and oxygen atoms in total. The van der Waals surface area contributed by atoms with Crippen LogP contribution in [0.1, 0.15) is 0 Å². The standard InChI is InChI=1S/C13H7BrFNO/c14-9-4-5-12-11(7-9)16-13(17-12)8-2-1-3-10(15)6-8/h1-7H. The number of hydrogen-bond donors (Lipinski definition) is 0. The van der Waals surface area contributed by atoms with Crippen LogP contribution in [0.3, 0.4) is 0 Å². The number of benzene rings is 2. The van der Waals surface area contributed by atoms with Gasteiger partial charge in [-0.1, -0.05) is 22.0 Å². The Hall–Kier alpha value is -1.68. The Morgan fingerprint density at radius 1 is 1.12 bits per heavy atom. The molecule has 0 aliphatic rings. The molecule has 0 saturated carbocycles. The van der Waals surface area contributed by atoms with E-state index >= 15 is 0 Å². The summed E-state index contributed by atoms with van der Waals surface area (Å²) in [5.74, 6) is 0.128. The van der Waals surface area contributed by atoms with E-state index in [4.69, 9.17) is 4.42 Å². The zero-order valence-electron chi connectivity index (χ0n) is 8.65. The summed E-state index contributed by atoms with van der Waals surface area (Å²) in [4.78, 5) is 4.32. The minimum absolute atomic E-state index is 0.300. The van der Waals surface area contributed by atoms with Crippen molar-refractivity contribution in [2.45, 2.75) is 0 Å². The number of oxazole rings is 1. The third-order valence-corrected chi connectivity index (χ3v) is 2.91. The van der Waals surface area contributed by atoms with Gasteiger partial charge < -0.3 is 4.42 Å². The van der Waals surface area contributed by atoms with E-state index in [1.807, 2.05) is 18.2 Å². The van der Waals surface area contributed by atoms with Gasteiger partial charge in [-0.15, -0.1) is 0 Å². The Kier molecular flexibility index (Phi) is 2.44. The first-order valence-electron chi connectivity index (χ1n) is 5.04. The van der Waals surface area contributed by atoms with E-state index in [2.05, 4.69) is 20.9 Å². The highest BCUT2D eigenvalue weighted by Gasteiger charge is 2.08. The van der Waals surface area contributed by atoms with Gasteiger partial charge in [0.1, 0.15) is 11.3 Å². The maximum atomic E-state index is 13.1. The molecule has 0 aliphatic carbocycles. The molecule has 0 spiro atoms. The Labute approximate surface area is 105 Å². The largest absolute Gasteiger partial charge is 0.436 e. The molecule has 0 radical (unpaired) electrons. The SMILES string of the molecule is Fc1cccc(-c2nc3cc(Br)ccc3o2)c1. The van der Waals surface area contributed by atoms with Crippen LogP contribution in [0.4, 0.5) is 4.39 Å². The summed E-state index contributed by atoms with van der Waals surface area (Å²) in [5, 5.41) is 0. The van der Waals surface area contributed by atoms with Gasteiger partial charge in [0, 0.05) is 10.0 Å². The van der Waals surface area contributed by atoms with Crippen molar-refractivity contribution in [2.75, 3.05) is 0 Å². The van der Waals surface area contributed by atoms with E-state index in [0.717, 1.165) is 9.99 Å². The Balaban J connectivity index is 2.18. The molecule has 0 aliphatic heterocycles. The Morgan fingerprint density at radius 3 is 2.82 bits per heavy atom. The van der Waals surface area contributed by atoms with E-state index in [0.29, 0.717) is 17.0 Å². The molecular weight excluding hydrogens is 285 g/mol. The normalized spacial score (nSPS) is 10.9. The molecule has 1 aromatic heterocycles. The van der Waals surface area contributed by atoms with Crippen LogP contribution in [0, 0.1) is 5.82 Å². The molecule has 17 heavy (non-hydrogen) atoms. The van der Waals surface area contributed by atoms with Crippen LogP contribution in [0.25, 0.3) is 22.6 Å². The summed E-state index contributed by atoms with van der Waals surface area (Å²) in [5.41, 5.74) is 2.07. The van der Waals surface area contributed by atoms with Gasteiger partial charge in [-0.2, -0.15) is 0 Å². The number of nitrogens with zero attached hydrogens (tertiary/aromatic N) is 1. The second-order valence-corrected chi connectivity index (χ2v) is 4.56. The zero-order chi connectivity index (χ0) is 11.8. The lowest BCUT2D eigenvalue weighted by molar-refractivity contribution is 0.611. The second-order valence-electron chi connectivity index (χ2n) is 3.64. The third kappa shape index (κ3) is 1.96. The number of rotatable bonds is 1. The molecule has 0 amide bonds. The molecule has 0 atom stereocenters. The summed E-state index contributed by atoms with van der Waals surface area (Å²) >= 11 is 3.37. The van der Waals surface area contributed by atoms with Gasteiger partial charge in [-0.05, 0) is 36.4 Å². The molecule has 0 N–H and O–H groups in total. The van der Waals surface area contributed by atoms with Crippen molar-refractivity contribution in [3.05, 3.63) is 52.8 Å². The van der Waals surface area contributed by atoms with Crippen LogP contribution in [0.2, 0.25) is 0 Å². The summed E-state index contributed by atoms with van der Waals surface area (Å²) < 4.78 is 19.6. The number of fused-ring (bicyclic) bond motifs is 1. The molecule has 84 valence electrons. The summed E-state index contributed by atoms with van der Waals surface area (Å²) in [6.07, 6.45) is 0. The molecule has 2 aromatic carbocycles. The molecule has 0 bridgehead atoms. The monoisotopic (exact) mass is 291 g/mol. The quantitative estimate of drug-likeness (QED) is 0.664. The van der Waals surface area contributed by atoms with Crippen LogP contribution in [0.15, 0.2) is 51.4 Å². The van der Waals surface area contributed by atoms with Gasteiger partial charge in [0.25, 0.3) is 0 Å². The topological polar surface area (TPSA) is 26.0 Å². The number of hydrogen-bond acceptors (Lipinski definition) is 2. The average molecular weight is 292 g/mol. The van der Waals surface area contributed by atoms with E-state index in [1.165, 1.54) is 12.1 Å². The fraction of sp³-hybridized carbons (Fsp3) is 0. The molecular formula is C13H7BrFNO. The predicted octanol–water partition coefficient (Wildman–Crippen LogP) is 4.40. The van der Waals surface area contributed by atoms with E-state index < -0.39 is 0 Å². The maximum Gasteiger partial charge on any atom is 0.227 e. The molecule has 3 aromatic rings. The summed E-state index contributed by atoms with van der Waals surface area (Å²) in [6.45, 7) is 0. The van der Waals surface area contributed by atoms with Crippen molar-refractivity contribution < 1.29 is 8.81 Å². The first-order chi connectivity index (χ1) is 8.22. The highest BCUT2D eigenvalue weighted by atomic mass is 79.9. The number of halogens is 2. The van der Waals surface area contributed by atoms with Crippen LogP contribution >= 0.6 is 15.9 Å². The van der Waals surface area contributed by atoms with Gasteiger partial charge in [0.15, 0.2) is 5.58 Å². The average Bonchev–Trinajstić information content (AvgIpc) is 2.72. The van der Waals surface area contributed by atoms with E-state index in [1.54, 1.807) is 12.1 Å². The first-order valence-corrected chi connectivity index (χ1v) is 5.84. The first kappa shape index (κ1) is 10.5. The van der Waals surface area contributed by atoms with Crippen molar-refractivity contribution in [3.8, 4) is 11.5 Å². The molecule has 0 saturated heterocycles.